The van der Waals surface area contributed by atoms with Crippen molar-refractivity contribution in [1.29, 1.82) is 0 Å². The highest BCUT2D eigenvalue weighted by molar-refractivity contribution is 5.97. The first-order chi connectivity index (χ1) is 12.1. The summed E-state index contributed by atoms with van der Waals surface area (Å²) in [4.78, 5) is 12.6. The molecule has 0 aliphatic rings. The number of halogens is 1. The number of hydrogen-bond acceptors (Lipinski definition) is 3. The molecule has 0 bridgehead atoms. The van der Waals surface area contributed by atoms with Crippen molar-refractivity contribution in [3.05, 3.63) is 66.4 Å². The van der Waals surface area contributed by atoms with Crippen molar-refractivity contribution >= 4 is 5.91 Å². The van der Waals surface area contributed by atoms with E-state index in [9.17, 15) is 9.18 Å². The van der Waals surface area contributed by atoms with Crippen LogP contribution >= 0.6 is 0 Å². The number of aliphatic hydroxyl groups is 1. The molecule has 25 heavy (non-hydrogen) atoms. The Balaban J connectivity index is 2.02. The first kappa shape index (κ1) is 16.9. The van der Waals surface area contributed by atoms with E-state index >= 15 is 0 Å². The van der Waals surface area contributed by atoms with E-state index in [0.29, 0.717) is 23.5 Å². The van der Waals surface area contributed by atoms with Gasteiger partial charge in [-0.05, 0) is 49.7 Å². The minimum Gasteiger partial charge on any atom is -0.396 e. The Morgan fingerprint density at radius 3 is 2.60 bits per heavy atom. The normalized spacial score (nSPS) is 12.1. The zero-order valence-corrected chi connectivity index (χ0v) is 13.8. The smallest absolute Gasteiger partial charge is 0.256 e. The van der Waals surface area contributed by atoms with E-state index < -0.39 is 0 Å². The lowest BCUT2D eigenvalue weighted by Gasteiger charge is -2.14. The molecule has 1 aromatic carbocycles. The van der Waals surface area contributed by atoms with Crippen molar-refractivity contribution in [2.75, 3.05) is 6.61 Å². The van der Waals surface area contributed by atoms with Crippen molar-refractivity contribution in [3.63, 3.8) is 0 Å². The summed E-state index contributed by atoms with van der Waals surface area (Å²) in [5.41, 5.74) is 1.04. The predicted octanol–water partition coefficient (Wildman–Crippen LogP) is 2.30. The van der Waals surface area contributed by atoms with Gasteiger partial charge in [-0.15, -0.1) is 0 Å². The Morgan fingerprint density at radius 1 is 1.28 bits per heavy atom. The van der Waals surface area contributed by atoms with Crippen LogP contribution in [0, 0.1) is 5.82 Å². The van der Waals surface area contributed by atoms with Crippen molar-refractivity contribution in [3.8, 4) is 11.5 Å². The second kappa shape index (κ2) is 7.31. The Morgan fingerprint density at radius 2 is 1.96 bits per heavy atom. The fourth-order valence-corrected chi connectivity index (χ4v) is 2.56. The molecule has 0 aliphatic heterocycles. The highest BCUT2D eigenvalue weighted by Crippen LogP contribution is 2.20. The topological polar surface area (TPSA) is 72.1 Å². The summed E-state index contributed by atoms with van der Waals surface area (Å²) >= 11 is 0. The summed E-state index contributed by atoms with van der Waals surface area (Å²) in [6, 6.07) is 9.43. The standard InChI is InChI=1S/C18H19FN4O2/c1-13(8-11-24)21-17(25)16-12-20-23(15-6-4-14(19)5-7-15)18(16)22-9-2-3-10-22/h2-7,9-10,12-13,24H,8,11H2,1H3,(H,21,25). The molecular weight excluding hydrogens is 323 g/mol. The molecule has 2 heterocycles. The number of rotatable bonds is 6. The average molecular weight is 342 g/mol. The Kier molecular flexibility index (Phi) is 4.95. The molecule has 1 amide bonds. The summed E-state index contributed by atoms with van der Waals surface area (Å²) in [6.45, 7) is 1.83. The zero-order valence-electron chi connectivity index (χ0n) is 13.8. The van der Waals surface area contributed by atoms with Crippen LogP contribution in [-0.2, 0) is 0 Å². The van der Waals surface area contributed by atoms with Crippen molar-refractivity contribution in [2.24, 2.45) is 0 Å². The number of aromatic nitrogens is 3. The number of carbonyl (C=O) groups is 1. The van der Waals surface area contributed by atoms with Crippen LogP contribution in [0.5, 0.6) is 0 Å². The van der Waals surface area contributed by atoms with Gasteiger partial charge in [-0.1, -0.05) is 0 Å². The first-order valence-electron chi connectivity index (χ1n) is 7.99. The first-order valence-corrected chi connectivity index (χ1v) is 7.99. The lowest BCUT2D eigenvalue weighted by atomic mass is 10.2. The summed E-state index contributed by atoms with van der Waals surface area (Å²) in [7, 11) is 0. The third-order valence-corrected chi connectivity index (χ3v) is 3.85. The van der Waals surface area contributed by atoms with Crippen LogP contribution in [-0.4, -0.2) is 38.0 Å². The molecule has 0 fully saturated rings. The number of benzene rings is 1. The van der Waals surface area contributed by atoms with E-state index in [1.807, 2.05) is 31.5 Å². The van der Waals surface area contributed by atoms with Crippen LogP contribution < -0.4 is 5.32 Å². The number of carbonyl (C=O) groups excluding carboxylic acids is 1. The molecule has 3 aromatic rings. The fraction of sp³-hybridized carbons (Fsp3) is 0.222. The van der Waals surface area contributed by atoms with Crippen LogP contribution in [0.1, 0.15) is 23.7 Å². The molecule has 130 valence electrons. The Hall–Kier alpha value is -2.93. The predicted molar refractivity (Wildman–Crippen MR) is 91.5 cm³/mol. The van der Waals surface area contributed by atoms with Gasteiger partial charge in [0.2, 0.25) is 0 Å². The third-order valence-electron chi connectivity index (χ3n) is 3.85. The van der Waals surface area contributed by atoms with E-state index in [-0.39, 0.29) is 24.4 Å². The molecule has 2 N–H and O–H groups in total. The largest absolute Gasteiger partial charge is 0.396 e. The summed E-state index contributed by atoms with van der Waals surface area (Å²) in [5, 5.41) is 16.2. The van der Waals surface area contributed by atoms with Gasteiger partial charge in [-0.25, -0.2) is 9.07 Å². The molecule has 7 heteroatoms. The highest BCUT2D eigenvalue weighted by atomic mass is 19.1. The van der Waals surface area contributed by atoms with E-state index in [0.717, 1.165) is 0 Å². The lowest BCUT2D eigenvalue weighted by molar-refractivity contribution is 0.0934. The van der Waals surface area contributed by atoms with Gasteiger partial charge < -0.3 is 15.0 Å². The highest BCUT2D eigenvalue weighted by Gasteiger charge is 2.21. The van der Waals surface area contributed by atoms with E-state index in [1.165, 1.54) is 18.3 Å². The van der Waals surface area contributed by atoms with Gasteiger partial charge in [0, 0.05) is 25.0 Å². The number of aliphatic hydroxyl groups excluding tert-OH is 1. The minimum atomic E-state index is -0.339. The van der Waals surface area contributed by atoms with Crippen LogP contribution in [0.15, 0.2) is 55.0 Å². The molecule has 6 nitrogen and oxygen atoms in total. The van der Waals surface area contributed by atoms with E-state index in [2.05, 4.69) is 10.4 Å². The quantitative estimate of drug-likeness (QED) is 0.722. The number of hydrogen-bond donors (Lipinski definition) is 2. The van der Waals surface area contributed by atoms with Gasteiger partial charge in [0.25, 0.3) is 5.91 Å². The second-order valence-corrected chi connectivity index (χ2v) is 5.75. The Labute approximate surface area is 144 Å². The Bertz CT molecular complexity index is 841. The molecule has 3 rings (SSSR count). The molecule has 0 saturated heterocycles. The number of amides is 1. The molecular formula is C18H19FN4O2. The molecule has 2 aromatic heterocycles. The maximum absolute atomic E-state index is 13.2. The SMILES string of the molecule is CC(CCO)NC(=O)c1cnn(-c2ccc(F)cc2)c1-n1cccc1. The van der Waals surface area contributed by atoms with Gasteiger partial charge in [0.15, 0.2) is 5.82 Å². The summed E-state index contributed by atoms with van der Waals surface area (Å²) < 4.78 is 16.6. The number of nitrogens with one attached hydrogen (secondary N) is 1. The zero-order chi connectivity index (χ0) is 17.8. The van der Waals surface area contributed by atoms with Crippen molar-refractivity contribution < 1.29 is 14.3 Å². The summed E-state index contributed by atoms with van der Waals surface area (Å²) in [6.07, 6.45) is 5.58. The lowest BCUT2D eigenvalue weighted by Crippen LogP contribution is -2.33. The monoisotopic (exact) mass is 342 g/mol. The minimum absolute atomic E-state index is 0.000740. The van der Waals surface area contributed by atoms with Gasteiger partial charge in [-0.3, -0.25) is 4.79 Å². The van der Waals surface area contributed by atoms with Crippen LogP contribution in [0.2, 0.25) is 0 Å². The molecule has 0 radical (unpaired) electrons. The van der Waals surface area contributed by atoms with E-state index in [4.69, 9.17) is 5.11 Å². The molecule has 1 atom stereocenters. The molecule has 1 unspecified atom stereocenters. The fourth-order valence-electron chi connectivity index (χ4n) is 2.56. The third kappa shape index (κ3) is 3.61. The molecule has 0 saturated carbocycles. The van der Waals surface area contributed by atoms with Gasteiger partial charge in [0.05, 0.1) is 11.9 Å². The number of nitrogens with zero attached hydrogens (tertiary/aromatic N) is 3. The average Bonchev–Trinajstić information content (AvgIpc) is 3.24. The van der Waals surface area contributed by atoms with Gasteiger partial charge in [-0.2, -0.15) is 5.10 Å². The van der Waals surface area contributed by atoms with Crippen LogP contribution in [0.3, 0.4) is 0 Å². The molecule has 0 spiro atoms. The maximum atomic E-state index is 13.2. The van der Waals surface area contributed by atoms with E-state index in [1.54, 1.807) is 21.4 Å². The van der Waals surface area contributed by atoms with Crippen molar-refractivity contribution in [1.82, 2.24) is 19.7 Å². The second-order valence-electron chi connectivity index (χ2n) is 5.75. The van der Waals surface area contributed by atoms with Crippen LogP contribution in [0.4, 0.5) is 4.39 Å². The summed E-state index contributed by atoms with van der Waals surface area (Å²) in [5.74, 6) is -0.0578. The van der Waals surface area contributed by atoms with Gasteiger partial charge >= 0.3 is 0 Å². The van der Waals surface area contributed by atoms with Gasteiger partial charge in [0.1, 0.15) is 11.4 Å². The van der Waals surface area contributed by atoms with Crippen molar-refractivity contribution in [2.45, 2.75) is 19.4 Å². The van der Waals surface area contributed by atoms with Crippen LogP contribution in [0.25, 0.3) is 11.5 Å². The molecule has 0 aliphatic carbocycles. The maximum Gasteiger partial charge on any atom is 0.256 e.